The van der Waals surface area contributed by atoms with E-state index in [2.05, 4.69) is 10.6 Å². The number of rotatable bonds is 7. The van der Waals surface area contributed by atoms with Gasteiger partial charge in [-0.15, -0.1) is 0 Å². The maximum Gasteiger partial charge on any atom is 0.328 e. The van der Waals surface area contributed by atoms with Crippen LogP contribution in [0.4, 0.5) is 4.79 Å². The highest BCUT2D eigenvalue weighted by Crippen LogP contribution is 2.02. The molecule has 2 atom stereocenters. The minimum Gasteiger partial charge on any atom is -0.480 e. The van der Waals surface area contributed by atoms with E-state index in [1.807, 2.05) is 32.8 Å². The molecule has 0 radical (unpaired) electrons. The van der Waals surface area contributed by atoms with Crippen LogP contribution < -0.4 is 10.6 Å². The minimum absolute atomic E-state index is 0.0897. The van der Waals surface area contributed by atoms with Gasteiger partial charge in [-0.1, -0.05) is 13.8 Å². The van der Waals surface area contributed by atoms with Crippen LogP contribution in [-0.2, 0) is 4.79 Å². The summed E-state index contributed by atoms with van der Waals surface area (Å²) in [6, 6.07) is -1.96. The average Bonchev–Trinajstić information content (AvgIpc) is 2.23. The molecule has 0 rings (SSSR count). The molecule has 1 unspecified atom stereocenters. The number of carbonyl (C=O) groups is 2. The first-order valence-corrected chi connectivity index (χ1v) is 5.83. The van der Waals surface area contributed by atoms with Crippen molar-refractivity contribution in [1.82, 2.24) is 15.5 Å². The Hall–Kier alpha value is -1.34. The van der Waals surface area contributed by atoms with E-state index in [9.17, 15) is 9.59 Å². The molecule has 106 valence electrons. The molecule has 0 aliphatic rings. The predicted molar refractivity (Wildman–Crippen MR) is 67.4 cm³/mol. The zero-order valence-electron chi connectivity index (χ0n) is 11.3. The largest absolute Gasteiger partial charge is 0.480 e. The Morgan fingerprint density at radius 1 is 1.22 bits per heavy atom. The first-order valence-electron chi connectivity index (χ1n) is 5.83. The van der Waals surface area contributed by atoms with Crippen molar-refractivity contribution in [3.63, 3.8) is 0 Å². The van der Waals surface area contributed by atoms with Gasteiger partial charge in [-0.2, -0.15) is 0 Å². The number of urea groups is 1. The molecule has 7 heteroatoms. The van der Waals surface area contributed by atoms with Crippen LogP contribution >= 0.6 is 0 Å². The molecular weight excluding hydrogens is 238 g/mol. The summed E-state index contributed by atoms with van der Waals surface area (Å²) in [4.78, 5) is 24.2. The highest BCUT2D eigenvalue weighted by Gasteiger charge is 2.22. The Balaban J connectivity index is 4.37. The molecule has 0 saturated heterocycles. The SMILES string of the molecule is CC(C)C(CN(C)C)NC(=O)N[C@@H](CO)C(=O)O. The van der Waals surface area contributed by atoms with Crippen molar-refractivity contribution in [3.05, 3.63) is 0 Å². The van der Waals surface area contributed by atoms with Gasteiger partial charge in [-0.3, -0.25) is 0 Å². The Morgan fingerprint density at radius 3 is 2.11 bits per heavy atom. The molecule has 4 N–H and O–H groups in total. The molecule has 0 heterocycles. The van der Waals surface area contributed by atoms with Crippen LogP contribution in [0.5, 0.6) is 0 Å². The van der Waals surface area contributed by atoms with Gasteiger partial charge >= 0.3 is 12.0 Å². The van der Waals surface area contributed by atoms with E-state index in [0.717, 1.165) is 0 Å². The highest BCUT2D eigenvalue weighted by atomic mass is 16.4. The summed E-state index contributed by atoms with van der Waals surface area (Å²) < 4.78 is 0. The number of carboxylic acid groups (broad SMARTS) is 1. The Morgan fingerprint density at radius 2 is 1.78 bits per heavy atom. The number of carbonyl (C=O) groups excluding carboxylic acids is 1. The number of carboxylic acids is 1. The normalized spacial score (nSPS) is 14.4. The van der Waals surface area contributed by atoms with E-state index < -0.39 is 24.6 Å². The lowest BCUT2D eigenvalue weighted by Gasteiger charge is -2.26. The molecule has 0 aliphatic carbocycles. The van der Waals surface area contributed by atoms with Crippen molar-refractivity contribution < 1.29 is 19.8 Å². The molecule has 0 fully saturated rings. The molecule has 0 spiro atoms. The summed E-state index contributed by atoms with van der Waals surface area (Å²) in [5, 5.41) is 22.4. The zero-order valence-corrected chi connectivity index (χ0v) is 11.3. The molecule has 0 bridgehead atoms. The second-order valence-electron chi connectivity index (χ2n) is 4.80. The number of nitrogens with one attached hydrogen (secondary N) is 2. The van der Waals surface area contributed by atoms with E-state index in [1.54, 1.807) is 0 Å². The first kappa shape index (κ1) is 16.7. The van der Waals surface area contributed by atoms with Crippen molar-refractivity contribution in [2.24, 2.45) is 5.92 Å². The van der Waals surface area contributed by atoms with Gasteiger partial charge < -0.3 is 25.7 Å². The third-order valence-electron chi connectivity index (χ3n) is 2.47. The van der Waals surface area contributed by atoms with Gasteiger partial charge in [0, 0.05) is 12.6 Å². The first-order chi connectivity index (χ1) is 8.27. The lowest BCUT2D eigenvalue weighted by atomic mass is 10.0. The molecule has 0 aromatic heterocycles. The Labute approximate surface area is 107 Å². The van der Waals surface area contributed by atoms with Gasteiger partial charge in [0.05, 0.1) is 6.61 Å². The van der Waals surface area contributed by atoms with E-state index in [4.69, 9.17) is 10.2 Å². The number of hydrogen-bond acceptors (Lipinski definition) is 4. The van der Waals surface area contributed by atoms with Crippen LogP contribution in [0.2, 0.25) is 0 Å². The number of amides is 2. The third kappa shape index (κ3) is 6.41. The number of aliphatic hydroxyl groups is 1. The molecule has 0 aliphatic heterocycles. The van der Waals surface area contributed by atoms with Crippen molar-refractivity contribution in [2.45, 2.75) is 25.9 Å². The fraction of sp³-hybridized carbons (Fsp3) is 0.818. The maximum atomic E-state index is 11.6. The van der Waals surface area contributed by atoms with Gasteiger partial charge in [0.25, 0.3) is 0 Å². The number of aliphatic hydroxyl groups excluding tert-OH is 1. The monoisotopic (exact) mass is 261 g/mol. The van der Waals surface area contributed by atoms with Gasteiger partial charge in [0.2, 0.25) is 0 Å². The van der Waals surface area contributed by atoms with E-state index >= 15 is 0 Å². The average molecular weight is 261 g/mol. The van der Waals surface area contributed by atoms with E-state index in [0.29, 0.717) is 6.54 Å². The van der Waals surface area contributed by atoms with Crippen LogP contribution in [0.15, 0.2) is 0 Å². The van der Waals surface area contributed by atoms with Gasteiger partial charge in [0.1, 0.15) is 0 Å². The van der Waals surface area contributed by atoms with Gasteiger partial charge in [0.15, 0.2) is 6.04 Å². The summed E-state index contributed by atoms with van der Waals surface area (Å²) in [7, 11) is 3.78. The fourth-order valence-corrected chi connectivity index (χ4v) is 1.37. The van der Waals surface area contributed by atoms with Crippen molar-refractivity contribution in [1.29, 1.82) is 0 Å². The van der Waals surface area contributed by atoms with Gasteiger partial charge in [-0.25, -0.2) is 9.59 Å². The van der Waals surface area contributed by atoms with Crippen LogP contribution in [0.25, 0.3) is 0 Å². The fourth-order valence-electron chi connectivity index (χ4n) is 1.37. The summed E-state index contributed by atoms with van der Waals surface area (Å²) in [6.45, 7) is 3.95. The van der Waals surface area contributed by atoms with Crippen molar-refractivity contribution in [2.75, 3.05) is 27.2 Å². The Bertz CT molecular complexity index is 281. The van der Waals surface area contributed by atoms with Crippen LogP contribution in [-0.4, -0.2) is 66.4 Å². The lowest BCUT2D eigenvalue weighted by molar-refractivity contribution is -0.140. The lowest BCUT2D eigenvalue weighted by Crippen LogP contribution is -2.53. The van der Waals surface area contributed by atoms with Gasteiger partial charge in [-0.05, 0) is 20.0 Å². The summed E-state index contributed by atoms with van der Waals surface area (Å²) in [6.07, 6.45) is 0. The zero-order chi connectivity index (χ0) is 14.3. The van der Waals surface area contributed by atoms with Crippen LogP contribution in [0.3, 0.4) is 0 Å². The van der Waals surface area contributed by atoms with Crippen LogP contribution in [0, 0.1) is 5.92 Å². The highest BCUT2D eigenvalue weighted by molar-refractivity contribution is 5.82. The summed E-state index contributed by atoms with van der Waals surface area (Å²) in [5.41, 5.74) is 0. The quantitative estimate of drug-likeness (QED) is 0.486. The second kappa shape index (κ2) is 7.88. The van der Waals surface area contributed by atoms with Crippen LogP contribution in [0.1, 0.15) is 13.8 Å². The molecule has 0 aromatic rings. The van der Waals surface area contributed by atoms with E-state index in [1.165, 1.54) is 0 Å². The van der Waals surface area contributed by atoms with Crippen molar-refractivity contribution in [3.8, 4) is 0 Å². The minimum atomic E-state index is -1.28. The number of nitrogens with zero attached hydrogens (tertiary/aromatic N) is 1. The molecule has 18 heavy (non-hydrogen) atoms. The predicted octanol–water partition coefficient (Wildman–Crippen LogP) is -0.683. The number of aliphatic carboxylic acids is 1. The number of hydrogen-bond donors (Lipinski definition) is 4. The molecule has 2 amide bonds. The number of likely N-dealkylation sites (N-methyl/N-ethyl adjacent to an activating group) is 1. The molecule has 0 aromatic carbocycles. The topological polar surface area (TPSA) is 102 Å². The second-order valence-corrected chi connectivity index (χ2v) is 4.80. The smallest absolute Gasteiger partial charge is 0.328 e. The summed E-state index contributed by atoms with van der Waals surface area (Å²) in [5.74, 6) is -1.04. The van der Waals surface area contributed by atoms with Crippen molar-refractivity contribution >= 4 is 12.0 Å². The molecular formula is C11H23N3O4. The summed E-state index contributed by atoms with van der Waals surface area (Å²) >= 11 is 0. The molecule has 0 saturated carbocycles. The standard InChI is InChI=1S/C11H23N3O4/c1-7(2)8(5-14(3)4)12-11(18)13-9(6-15)10(16)17/h7-9,15H,5-6H2,1-4H3,(H,16,17)(H2,12,13,18)/t8?,9-/m0/s1. The van der Waals surface area contributed by atoms with E-state index in [-0.39, 0.29) is 12.0 Å². The molecule has 7 nitrogen and oxygen atoms in total. The maximum absolute atomic E-state index is 11.6. The Kier molecular flexibility index (Phi) is 7.30. The third-order valence-corrected chi connectivity index (χ3v) is 2.47.